The van der Waals surface area contributed by atoms with Gasteiger partial charge in [-0.3, -0.25) is 28.2 Å². The number of fused-ring (bicyclic) bond motifs is 2. The van der Waals surface area contributed by atoms with Crippen molar-refractivity contribution in [1.82, 2.24) is 33.9 Å². The van der Waals surface area contributed by atoms with Gasteiger partial charge in [0.25, 0.3) is 11.5 Å². The molecule has 198 valence electrons. The van der Waals surface area contributed by atoms with Crippen molar-refractivity contribution in [2.75, 3.05) is 7.11 Å². The van der Waals surface area contributed by atoms with Crippen molar-refractivity contribution in [3.05, 3.63) is 73.6 Å². The molecule has 12 heteroatoms. The highest BCUT2D eigenvalue weighted by atomic mass is 35.5. The van der Waals surface area contributed by atoms with Gasteiger partial charge in [0.1, 0.15) is 11.1 Å². The Bertz CT molecular complexity index is 1820. The minimum atomic E-state index is -0.461. The Morgan fingerprint density at radius 3 is 2.68 bits per heavy atom. The molecule has 0 bridgehead atoms. The molecule has 2 N–H and O–H groups in total. The number of nitrogens with zero attached hydrogens (tertiary/aromatic N) is 5. The van der Waals surface area contributed by atoms with Crippen molar-refractivity contribution in [3.63, 3.8) is 0 Å². The van der Waals surface area contributed by atoms with E-state index in [0.29, 0.717) is 39.6 Å². The summed E-state index contributed by atoms with van der Waals surface area (Å²) in [6, 6.07) is 7.25. The second kappa shape index (κ2) is 9.66. The van der Waals surface area contributed by atoms with Gasteiger partial charge in [-0.2, -0.15) is 5.10 Å². The number of aromatic amines is 1. The van der Waals surface area contributed by atoms with E-state index in [4.69, 9.17) is 21.5 Å². The van der Waals surface area contributed by atoms with Crippen molar-refractivity contribution in [3.8, 4) is 11.4 Å². The number of hydrogen-bond donors (Lipinski definition) is 2. The van der Waals surface area contributed by atoms with Gasteiger partial charge < -0.3 is 9.55 Å². The molecule has 5 aromatic rings. The lowest BCUT2D eigenvalue weighted by molar-refractivity contribution is 0.0537. The molecule has 0 atom stereocenters. The summed E-state index contributed by atoms with van der Waals surface area (Å²) < 4.78 is 6.10. The molecule has 5 rings (SSSR count). The van der Waals surface area contributed by atoms with Crippen LogP contribution < -0.4 is 16.7 Å². The highest BCUT2D eigenvalue weighted by Crippen LogP contribution is 2.30. The molecule has 0 aliphatic carbocycles. The number of rotatable bonds is 7. The molecule has 38 heavy (non-hydrogen) atoms. The molecular formula is C26H28ClN7O4. The number of aromatic nitrogens is 6. The second-order valence-electron chi connectivity index (χ2n) is 9.72. The van der Waals surface area contributed by atoms with E-state index in [-0.39, 0.29) is 12.5 Å². The standard InChI is InChI=1S/C26H28ClN7O4/c1-14(2)11-33-23-21(25(36)32(4)26(33)37)22(20-8-15(12-31(20)3)24(35)30-38-5)34(29-23)13-16-10-28-19-7-6-17(27)9-18(16)19/h6-10,12,14,28H,11,13H2,1-5H3,(H,30,35). The quantitative estimate of drug-likeness (QED) is 0.309. The van der Waals surface area contributed by atoms with Crippen molar-refractivity contribution in [2.24, 2.45) is 20.0 Å². The number of H-pyrrole nitrogens is 1. The summed E-state index contributed by atoms with van der Waals surface area (Å²) in [5.41, 5.74) is 4.95. The van der Waals surface area contributed by atoms with Crippen LogP contribution in [0.15, 0.2) is 46.2 Å². The summed E-state index contributed by atoms with van der Waals surface area (Å²) in [7, 11) is 4.60. The van der Waals surface area contributed by atoms with Crippen LogP contribution in [0.4, 0.5) is 0 Å². The molecule has 1 amide bonds. The van der Waals surface area contributed by atoms with Gasteiger partial charge in [-0.1, -0.05) is 25.4 Å². The molecule has 0 unspecified atom stereocenters. The number of halogens is 1. The van der Waals surface area contributed by atoms with Crippen molar-refractivity contribution >= 4 is 39.4 Å². The number of carbonyl (C=O) groups excluding carboxylic acids is 1. The van der Waals surface area contributed by atoms with Crippen LogP contribution >= 0.6 is 11.6 Å². The monoisotopic (exact) mass is 537 g/mol. The number of aryl methyl sites for hydroxylation is 1. The molecule has 0 saturated carbocycles. The third-order valence-corrected chi connectivity index (χ3v) is 6.76. The number of carbonyl (C=O) groups is 1. The molecule has 0 radical (unpaired) electrons. The number of nitrogens with one attached hydrogen (secondary N) is 2. The molecule has 0 saturated heterocycles. The molecule has 1 aromatic carbocycles. The van der Waals surface area contributed by atoms with E-state index in [2.05, 4.69) is 10.5 Å². The van der Waals surface area contributed by atoms with Crippen LogP contribution in [0.25, 0.3) is 33.3 Å². The smallest absolute Gasteiger partial charge is 0.332 e. The maximum atomic E-state index is 13.6. The zero-order chi connectivity index (χ0) is 27.3. The molecule has 0 aliphatic rings. The Morgan fingerprint density at radius 1 is 1.21 bits per heavy atom. The van der Waals surface area contributed by atoms with Gasteiger partial charge in [0, 0.05) is 49.0 Å². The first kappa shape index (κ1) is 25.6. The van der Waals surface area contributed by atoms with E-state index in [9.17, 15) is 14.4 Å². The fraction of sp³-hybridized carbons (Fsp3) is 0.308. The second-order valence-corrected chi connectivity index (χ2v) is 10.2. The highest BCUT2D eigenvalue weighted by Gasteiger charge is 2.26. The minimum absolute atomic E-state index is 0.136. The number of hydrogen-bond acceptors (Lipinski definition) is 5. The summed E-state index contributed by atoms with van der Waals surface area (Å²) in [4.78, 5) is 47.2. The number of benzene rings is 1. The lowest BCUT2D eigenvalue weighted by Crippen LogP contribution is -2.38. The Hall–Kier alpha value is -4.09. The summed E-state index contributed by atoms with van der Waals surface area (Å²) >= 11 is 6.28. The topological polar surface area (TPSA) is 121 Å². The predicted molar refractivity (Wildman–Crippen MR) is 145 cm³/mol. The van der Waals surface area contributed by atoms with E-state index in [1.54, 1.807) is 28.6 Å². The van der Waals surface area contributed by atoms with Crippen molar-refractivity contribution in [1.29, 1.82) is 0 Å². The van der Waals surface area contributed by atoms with Crippen LogP contribution in [-0.2, 0) is 32.0 Å². The first-order valence-electron chi connectivity index (χ1n) is 12.1. The largest absolute Gasteiger partial charge is 0.361 e. The zero-order valence-corrected chi connectivity index (χ0v) is 22.5. The van der Waals surface area contributed by atoms with Gasteiger partial charge in [-0.15, -0.1) is 0 Å². The van der Waals surface area contributed by atoms with Crippen molar-refractivity contribution in [2.45, 2.75) is 26.9 Å². The van der Waals surface area contributed by atoms with Crippen LogP contribution in [0, 0.1) is 5.92 Å². The van der Waals surface area contributed by atoms with Crippen LogP contribution in [0.1, 0.15) is 29.8 Å². The zero-order valence-electron chi connectivity index (χ0n) is 21.7. The molecular weight excluding hydrogens is 510 g/mol. The van der Waals surface area contributed by atoms with E-state index in [1.807, 2.05) is 38.2 Å². The van der Waals surface area contributed by atoms with Crippen LogP contribution in [0.2, 0.25) is 5.02 Å². The Kier molecular flexibility index (Phi) is 6.49. The highest BCUT2D eigenvalue weighted by molar-refractivity contribution is 6.31. The first-order chi connectivity index (χ1) is 18.1. The Balaban J connectivity index is 1.82. The summed E-state index contributed by atoms with van der Waals surface area (Å²) in [6.07, 6.45) is 3.52. The number of amides is 1. The van der Waals surface area contributed by atoms with Gasteiger partial charge in [-0.25, -0.2) is 10.3 Å². The molecule has 0 spiro atoms. The predicted octanol–water partition coefficient (Wildman–Crippen LogP) is 3.03. The van der Waals surface area contributed by atoms with E-state index in [1.165, 1.54) is 18.7 Å². The Labute approximate surface area is 222 Å². The maximum Gasteiger partial charge on any atom is 0.332 e. The van der Waals surface area contributed by atoms with E-state index >= 15 is 0 Å². The lowest BCUT2D eigenvalue weighted by Gasteiger charge is -2.11. The first-order valence-corrected chi connectivity index (χ1v) is 12.4. The third kappa shape index (κ3) is 4.23. The summed E-state index contributed by atoms with van der Waals surface area (Å²) in [5, 5.41) is 6.63. The molecule has 4 aromatic heterocycles. The van der Waals surface area contributed by atoms with Crippen LogP contribution in [0.3, 0.4) is 0 Å². The van der Waals surface area contributed by atoms with Crippen LogP contribution in [0.5, 0.6) is 0 Å². The average molecular weight is 538 g/mol. The molecule has 4 heterocycles. The molecule has 0 aliphatic heterocycles. The SMILES string of the molecule is CONC(=O)c1cc(-c2c3c(=O)n(C)c(=O)n(CC(C)C)c3nn2Cc2c[nH]c3ccc(Cl)cc23)n(C)c1. The average Bonchev–Trinajstić information content (AvgIpc) is 3.56. The summed E-state index contributed by atoms with van der Waals surface area (Å²) in [6.45, 7) is 4.66. The van der Waals surface area contributed by atoms with E-state index < -0.39 is 17.2 Å². The van der Waals surface area contributed by atoms with Gasteiger partial charge in [0.15, 0.2) is 5.65 Å². The van der Waals surface area contributed by atoms with Gasteiger partial charge >= 0.3 is 5.69 Å². The summed E-state index contributed by atoms with van der Waals surface area (Å²) in [5.74, 6) is -0.294. The van der Waals surface area contributed by atoms with Gasteiger partial charge in [-0.05, 0) is 35.7 Å². The molecule has 0 fully saturated rings. The normalized spacial score (nSPS) is 11.8. The van der Waals surface area contributed by atoms with Gasteiger partial charge in [0.2, 0.25) is 0 Å². The minimum Gasteiger partial charge on any atom is -0.361 e. The molecule has 11 nitrogen and oxygen atoms in total. The van der Waals surface area contributed by atoms with Crippen molar-refractivity contribution < 1.29 is 9.63 Å². The third-order valence-electron chi connectivity index (χ3n) is 6.53. The fourth-order valence-electron chi connectivity index (χ4n) is 4.78. The van der Waals surface area contributed by atoms with Crippen LogP contribution in [-0.4, -0.2) is 41.5 Å². The number of hydroxylamine groups is 1. The fourth-order valence-corrected chi connectivity index (χ4v) is 4.96. The Morgan fingerprint density at radius 2 is 1.97 bits per heavy atom. The van der Waals surface area contributed by atoms with E-state index in [0.717, 1.165) is 21.0 Å². The lowest BCUT2D eigenvalue weighted by atomic mass is 10.1. The maximum absolute atomic E-state index is 13.6. The van der Waals surface area contributed by atoms with Gasteiger partial charge in [0.05, 0.1) is 24.9 Å².